The van der Waals surface area contributed by atoms with Crippen LogP contribution in [0.2, 0.25) is 0 Å². The molecular formula is C30H38ClF3N6O5. The number of rotatable bonds is 7. The summed E-state index contributed by atoms with van der Waals surface area (Å²) in [7, 11) is 0. The van der Waals surface area contributed by atoms with Crippen LogP contribution in [-0.2, 0) is 27.0 Å². The van der Waals surface area contributed by atoms with Crippen LogP contribution in [0.25, 0.3) is 0 Å². The first-order chi connectivity index (χ1) is 21.3. The molecule has 2 saturated heterocycles. The van der Waals surface area contributed by atoms with Gasteiger partial charge in [0.1, 0.15) is 23.5 Å². The second kappa shape index (κ2) is 13.5. The van der Waals surface area contributed by atoms with Crippen molar-refractivity contribution >= 4 is 35.1 Å². The first-order valence-electron chi connectivity index (χ1n) is 15.0. The number of hydrogen-bond acceptors (Lipinski definition) is 8. The number of piperidine rings is 1. The van der Waals surface area contributed by atoms with Crippen molar-refractivity contribution in [1.82, 2.24) is 19.4 Å². The van der Waals surface area contributed by atoms with Crippen molar-refractivity contribution in [3.8, 4) is 5.88 Å². The minimum absolute atomic E-state index is 0.0259. The molecular weight excluding hydrogens is 617 g/mol. The zero-order valence-electron chi connectivity index (χ0n) is 25.5. The van der Waals surface area contributed by atoms with E-state index in [1.807, 2.05) is 20.8 Å². The highest BCUT2D eigenvalue weighted by Crippen LogP contribution is 2.37. The van der Waals surface area contributed by atoms with Gasteiger partial charge in [0.05, 0.1) is 25.5 Å². The summed E-state index contributed by atoms with van der Waals surface area (Å²) < 4.78 is 60.6. The number of anilines is 1. The first-order valence-corrected chi connectivity index (χ1v) is 15.4. The van der Waals surface area contributed by atoms with Crippen LogP contribution in [0.4, 0.5) is 23.8 Å². The molecule has 45 heavy (non-hydrogen) atoms. The van der Waals surface area contributed by atoms with E-state index < -0.39 is 28.8 Å². The number of ether oxygens (including phenoxy) is 3. The maximum atomic E-state index is 14.2. The lowest BCUT2D eigenvalue weighted by Crippen LogP contribution is -2.42. The Morgan fingerprint density at radius 3 is 2.49 bits per heavy atom. The number of nitrogens with one attached hydrogen (secondary N) is 1. The number of amides is 2. The maximum Gasteiger partial charge on any atom is 0.421 e. The van der Waals surface area contributed by atoms with Gasteiger partial charge in [-0.15, -0.1) is 0 Å². The second-order valence-corrected chi connectivity index (χ2v) is 12.7. The van der Waals surface area contributed by atoms with E-state index in [0.29, 0.717) is 70.0 Å². The summed E-state index contributed by atoms with van der Waals surface area (Å²) in [4.78, 5) is 36.9. The van der Waals surface area contributed by atoms with Crippen molar-refractivity contribution in [2.75, 3.05) is 51.3 Å². The van der Waals surface area contributed by atoms with E-state index >= 15 is 0 Å². The number of carbonyl (C=O) groups is 2. The standard InChI is InChI=1S/C30H38ClF3N6O5/c1-29(2,3)45-28(42)39-8-4-19(5-9-39)7-13-44-26-22(30(32,33)34)16-20(17-35-26)24-21-6-10-40(25(21)37-27(31)36-24)18-23(41)38-11-14-43-15-12-38/h6,10,16-17,19,27,37H,4-5,7-9,11-15,18H2,1-3H3. The highest BCUT2D eigenvalue weighted by molar-refractivity contribution is 6.26. The Morgan fingerprint density at radius 2 is 1.82 bits per heavy atom. The number of carbonyl (C=O) groups excluding carboxylic acids is 2. The number of halogens is 4. The highest BCUT2D eigenvalue weighted by atomic mass is 35.5. The topological polar surface area (TPSA) is 111 Å². The predicted molar refractivity (Wildman–Crippen MR) is 161 cm³/mol. The fraction of sp³-hybridized carbons (Fsp3) is 0.600. The van der Waals surface area contributed by atoms with E-state index in [2.05, 4.69) is 15.3 Å². The van der Waals surface area contributed by atoms with Crippen molar-refractivity contribution < 1.29 is 37.0 Å². The third kappa shape index (κ3) is 8.20. The molecule has 0 saturated carbocycles. The third-order valence-corrected chi connectivity index (χ3v) is 8.05. The molecule has 1 unspecified atom stereocenters. The van der Waals surface area contributed by atoms with Crippen molar-refractivity contribution in [3.05, 3.63) is 41.2 Å². The molecule has 0 aromatic carbocycles. The molecule has 1 atom stereocenters. The van der Waals surface area contributed by atoms with Crippen LogP contribution in [0.5, 0.6) is 5.88 Å². The number of pyridine rings is 1. The number of morpholine rings is 1. The van der Waals surface area contributed by atoms with Crippen molar-refractivity contribution in [2.45, 2.75) is 64.0 Å². The van der Waals surface area contributed by atoms with Crippen LogP contribution in [0, 0.1) is 5.92 Å². The molecule has 2 aromatic heterocycles. The Labute approximate surface area is 264 Å². The number of aromatic nitrogens is 2. The Hall–Kier alpha value is -3.52. The van der Waals surface area contributed by atoms with Gasteiger partial charge in [-0.05, 0) is 58.1 Å². The number of alkyl halides is 4. The Kier molecular flexibility index (Phi) is 9.83. The summed E-state index contributed by atoms with van der Waals surface area (Å²) in [5.74, 6) is 0.0564. The van der Waals surface area contributed by atoms with Crippen LogP contribution in [0.3, 0.4) is 0 Å². The van der Waals surface area contributed by atoms with E-state index in [1.165, 1.54) is 6.20 Å². The van der Waals surface area contributed by atoms with E-state index in [1.54, 1.807) is 26.6 Å². The minimum Gasteiger partial charge on any atom is -0.477 e. The van der Waals surface area contributed by atoms with Gasteiger partial charge in [0.15, 0.2) is 5.62 Å². The number of likely N-dealkylation sites (tertiary alicyclic amines) is 1. The second-order valence-electron chi connectivity index (χ2n) is 12.3. The Morgan fingerprint density at radius 1 is 1.11 bits per heavy atom. The molecule has 246 valence electrons. The average molecular weight is 655 g/mol. The lowest BCUT2D eigenvalue weighted by Gasteiger charge is -2.33. The molecule has 15 heteroatoms. The molecule has 11 nitrogen and oxygen atoms in total. The molecule has 2 amide bonds. The van der Waals surface area contributed by atoms with Crippen LogP contribution >= 0.6 is 11.6 Å². The molecule has 0 radical (unpaired) electrons. The van der Waals surface area contributed by atoms with Gasteiger partial charge < -0.3 is 33.9 Å². The minimum atomic E-state index is -4.73. The normalized spacial score (nSPS) is 19.4. The van der Waals surface area contributed by atoms with E-state index in [4.69, 9.17) is 25.8 Å². The van der Waals surface area contributed by atoms with Crippen molar-refractivity contribution in [3.63, 3.8) is 0 Å². The van der Waals surface area contributed by atoms with Gasteiger partial charge in [-0.1, -0.05) is 11.6 Å². The zero-order chi connectivity index (χ0) is 32.4. The van der Waals surface area contributed by atoms with Crippen LogP contribution in [-0.4, -0.2) is 94.3 Å². The van der Waals surface area contributed by atoms with Gasteiger partial charge in [0.25, 0.3) is 0 Å². The number of nitrogens with zero attached hydrogens (tertiary/aromatic N) is 5. The SMILES string of the molecule is CC(C)(C)OC(=O)N1CCC(CCOc2ncc(C3=NC(Cl)Nc4c3ccn4CC(=O)N3CCOCC3)cc2C(F)(F)F)CC1. The Bertz CT molecular complexity index is 1410. The van der Waals surface area contributed by atoms with Crippen LogP contribution in [0.15, 0.2) is 29.5 Å². The third-order valence-electron chi connectivity index (χ3n) is 7.85. The van der Waals surface area contributed by atoms with Gasteiger partial charge in [-0.2, -0.15) is 13.2 Å². The number of aliphatic imine (C=N–C) groups is 1. The molecule has 1 N–H and O–H groups in total. The molecule has 5 heterocycles. The maximum absolute atomic E-state index is 14.2. The smallest absolute Gasteiger partial charge is 0.421 e. The van der Waals surface area contributed by atoms with Crippen LogP contribution < -0.4 is 10.1 Å². The summed E-state index contributed by atoms with van der Waals surface area (Å²) in [6.07, 6.45) is -0.200. The van der Waals surface area contributed by atoms with Gasteiger partial charge >= 0.3 is 12.3 Å². The largest absolute Gasteiger partial charge is 0.477 e. The molecule has 3 aliphatic heterocycles. The van der Waals surface area contributed by atoms with Gasteiger partial charge in [-0.25, -0.2) is 14.8 Å². The summed E-state index contributed by atoms with van der Waals surface area (Å²) in [6, 6.07) is 2.65. The molecule has 0 aliphatic carbocycles. The zero-order valence-corrected chi connectivity index (χ0v) is 26.3. The van der Waals surface area contributed by atoms with Gasteiger partial charge in [-0.3, -0.25) is 4.79 Å². The summed E-state index contributed by atoms with van der Waals surface area (Å²) >= 11 is 6.34. The average Bonchev–Trinajstić information content (AvgIpc) is 3.38. The van der Waals surface area contributed by atoms with E-state index in [0.717, 1.165) is 6.07 Å². The molecule has 2 fully saturated rings. The van der Waals surface area contributed by atoms with Crippen LogP contribution in [0.1, 0.15) is 56.7 Å². The van der Waals surface area contributed by atoms with Gasteiger partial charge in [0.2, 0.25) is 11.8 Å². The van der Waals surface area contributed by atoms with Crippen molar-refractivity contribution in [2.24, 2.45) is 10.9 Å². The van der Waals surface area contributed by atoms with Crippen molar-refractivity contribution in [1.29, 1.82) is 0 Å². The quantitative estimate of drug-likeness (QED) is 0.332. The number of hydrogen-bond donors (Lipinski definition) is 1. The molecule has 3 aliphatic rings. The summed E-state index contributed by atoms with van der Waals surface area (Å²) in [5, 5.41) is 3.00. The number of fused-ring (bicyclic) bond motifs is 1. The molecule has 0 bridgehead atoms. The molecule has 2 aromatic rings. The van der Waals surface area contributed by atoms with E-state index in [-0.39, 0.29) is 42.3 Å². The summed E-state index contributed by atoms with van der Waals surface area (Å²) in [5.41, 5.74) is -1.72. The lowest BCUT2D eigenvalue weighted by molar-refractivity contribution is -0.139. The molecule has 5 rings (SSSR count). The van der Waals surface area contributed by atoms with E-state index in [9.17, 15) is 22.8 Å². The fourth-order valence-electron chi connectivity index (χ4n) is 5.53. The molecule has 0 spiro atoms. The lowest BCUT2D eigenvalue weighted by atomic mass is 9.94. The van der Waals surface area contributed by atoms with Gasteiger partial charge in [0, 0.05) is 49.7 Å². The predicted octanol–water partition coefficient (Wildman–Crippen LogP) is 4.96. The highest BCUT2D eigenvalue weighted by Gasteiger charge is 2.37. The fourth-order valence-corrected chi connectivity index (χ4v) is 5.73. The monoisotopic (exact) mass is 654 g/mol. The first kappa shape index (κ1) is 32.9. The Balaban J connectivity index is 1.24. The summed E-state index contributed by atoms with van der Waals surface area (Å²) in [6.45, 7) is 8.47.